The van der Waals surface area contributed by atoms with Gasteiger partial charge in [0.1, 0.15) is 0 Å². The number of amides is 1. The smallest absolute Gasteiger partial charge is 0.261 e. The molecule has 0 aliphatic heterocycles. The van der Waals surface area contributed by atoms with Gasteiger partial charge in [-0.15, -0.1) is 11.3 Å². The standard InChI is InChI=1S/C20H21N3OS/c1-2-21-10-11-23-20(24)19-12-18(14-25-19)16-7-5-15(6-8-16)17-4-3-9-22-13-17/h3-9,12-14,21H,2,10-11H2,1H3,(H,23,24). The molecule has 4 nitrogen and oxygen atoms in total. The Balaban J connectivity index is 1.67. The molecule has 0 aliphatic carbocycles. The lowest BCUT2D eigenvalue weighted by molar-refractivity contribution is 0.0958. The quantitative estimate of drug-likeness (QED) is 0.636. The number of carbonyl (C=O) groups is 1. The first-order valence-corrected chi connectivity index (χ1v) is 9.24. The molecule has 0 fully saturated rings. The maximum atomic E-state index is 12.2. The lowest BCUT2D eigenvalue weighted by atomic mass is 10.0. The highest BCUT2D eigenvalue weighted by molar-refractivity contribution is 7.12. The molecule has 2 heterocycles. The first-order chi connectivity index (χ1) is 12.3. The molecule has 1 amide bonds. The van der Waals surface area contributed by atoms with Crippen LogP contribution < -0.4 is 10.6 Å². The number of hydrogen-bond acceptors (Lipinski definition) is 4. The van der Waals surface area contributed by atoms with E-state index < -0.39 is 0 Å². The van der Waals surface area contributed by atoms with Crippen molar-refractivity contribution in [1.29, 1.82) is 0 Å². The van der Waals surface area contributed by atoms with E-state index in [4.69, 9.17) is 0 Å². The molecule has 0 radical (unpaired) electrons. The second-order valence-corrected chi connectivity index (χ2v) is 6.54. The number of likely N-dealkylation sites (N-methyl/N-ethyl adjacent to an activating group) is 1. The molecular formula is C20H21N3OS. The Labute approximate surface area is 151 Å². The largest absolute Gasteiger partial charge is 0.350 e. The molecule has 128 valence electrons. The maximum Gasteiger partial charge on any atom is 0.261 e. The summed E-state index contributed by atoms with van der Waals surface area (Å²) in [6.45, 7) is 4.39. The molecule has 3 aromatic rings. The monoisotopic (exact) mass is 351 g/mol. The van der Waals surface area contributed by atoms with Gasteiger partial charge in [-0.1, -0.05) is 37.3 Å². The normalized spacial score (nSPS) is 10.6. The third-order valence-electron chi connectivity index (χ3n) is 3.87. The lowest BCUT2D eigenvalue weighted by Gasteiger charge is -2.04. The maximum absolute atomic E-state index is 12.2. The Morgan fingerprint density at radius 3 is 2.48 bits per heavy atom. The van der Waals surface area contributed by atoms with E-state index in [1.165, 1.54) is 11.3 Å². The highest BCUT2D eigenvalue weighted by atomic mass is 32.1. The summed E-state index contributed by atoms with van der Waals surface area (Å²) in [5.41, 5.74) is 4.41. The fourth-order valence-corrected chi connectivity index (χ4v) is 3.36. The summed E-state index contributed by atoms with van der Waals surface area (Å²) in [5.74, 6) is -0.0128. The lowest BCUT2D eigenvalue weighted by Crippen LogP contribution is -2.31. The van der Waals surface area contributed by atoms with Crippen molar-refractivity contribution in [2.24, 2.45) is 0 Å². The zero-order chi connectivity index (χ0) is 17.5. The van der Waals surface area contributed by atoms with E-state index in [0.717, 1.165) is 40.2 Å². The Kier molecular flexibility index (Phi) is 5.93. The summed E-state index contributed by atoms with van der Waals surface area (Å²) in [7, 11) is 0. The van der Waals surface area contributed by atoms with Gasteiger partial charge in [0.2, 0.25) is 0 Å². The minimum atomic E-state index is -0.0128. The number of nitrogens with one attached hydrogen (secondary N) is 2. The molecule has 25 heavy (non-hydrogen) atoms. The molecule has 0 bridgehead atoms. The predicted octanol–water partition coefficient (Wildman–Crippen LogP) is 3.82. The number of rotatable bonds is 7. The van der Waals surface area contributed by atoms with Crippen LogP contribution in [0.3, 0.4) is 0 Å². The van der Waals surface area contributed by atoms with Gasteiger partial charge in [0.15, 0.2) is 0 Å². The molecule has 2 N–H and O–H groups in total. The van der Waals surface area contributed by atoms with Crippen LogP contribution in [0.4, 0.5) is 0 Å². The highest BCUT2D eigenvalue weighted by Crippen LogP contribution is 2.28. The molecule has 5 heteroatoms. The Bertz CT molecular complexity index is 812. The van der Waals surface area contributed by atoms with Crippen molar-refractivity contribution in [3.63, 3.8) is 0 Å². The van der Waals surface area contributed by atoms with Gasteiger partial charge < -0.3 is 10.6 Å². The molecular weight excluding hydrogens is 330 g/mol. The molecule has 0 aliphatic rings. The van der Waals surface area contributed by atoms with Crippen LogP contribution in [-0.2, 0) is 0 Å². The summed E-state index contributed by atoms with van der Waals surface area (Å²) in [5, 5.41) is 8.15. The molecule has 2 aromatic heterocycles. The number of aromatic nitrogens is 1. The van der Waals surface area contributed by atoms with Gasteiger partial charge in [0.25, 0.3) is 5.91 Å². The third kappa shape index (κ3) is 4.53. The van der Waals surface area contributed by atoms with Gasteiger partial charge in [0, 0.05) is 25.5 Å². The van der Waals surface area contributed by atoms with Crippen LogP contribution in [0.25, 0.3) is 22.3 Å². The van der Waals surface area contributed by atoms with Gasteiger partial charge >= 0.3 is 0 Å². The molecule has 0 saturated carbocycles. The van der Waals surface area contributed by atoms with Crippen LogP contribution in [0.15, 0.2) is 60.2 Å². The SMILES string of the molecule is CCNCCNC(=O)c1cc(-c2ccc(-c3cccnc3)cc2)cs1. The van der Waals surface area contributed by atoms with Crippen molar-refractivity contribution in [2.75, 3.05) is 19.6 Å². The van der Waals surface area contributed by atoms with Crippen molar-refractivity contribution >= 4 is 17.2 Å². The zero-order valence-corrected chi connectivity index (χ0v) is 15.0. The fourth-order valence-electron chi connectivity index (χ4n) is 2.52. The van der Waals surface area contributed by atoms with Gasteiger partial charge in [-0.2, -0.15) is 0 Å². The molecule has 3 rings (SSSR count). The highest BCUT2D eigenvalue weighted by Gasteiger charge is 2.10. The number of carbonyl (C=O) groups excluding carboxylic acids is 1. The predicted molar refractivity (Wildman–Crippen MR) is 104 cm³/mol. The van der Waals surface area contributed by atoms with Crippen molar-refractivity contribution in [1.82, 2.24) is 15.6 Å². The number of benzene rings is 1. The summed E-state index contributed by atoms with van der Waals surface area (Å²) >= 11 is 1.47. The van der Waals surface area contributed by atoms with E-state index in [-0.39, 0.29) is 5.91 Å². The second-order valence-electron chi connectivity index (χ2n) is 5.63. The van der Waals surface area contributed by atoms with E-state index in [9.17, 15) is 4.79 Å². The van der Waals surface area contributed by atoms with Crippen molar-refractivity contribution in [3.8, 4) is 22.3 Å². The van der Waals surface area contributed by atoms with E-state index >= 15 is 0 Å². The van der Waals surface area contributed by atoms with Gasteiger partial charge in [-0.3, -0.25) is 9.78 Å². The molecule has 0 atom stereocenters. The van der Waals surface area contributed by atoms with Crippen molar-refractivity contribution < 1.29 is 4.79 Å². The average molecular weight is 351 g/mol. The molecule has 0 unspecified atom stereocenters. The van der Waals surface area contributed by atoms with Gasteiger partial charge in [0.05, 0.1) is 4.88 Å². The van der Waals surface area contributed by atoms with Crippen LogP contribution in [-0.4, -0.2) is 30.5 Å². The first kappa shape index (κ1) is 17.3. The van der Waals surface area contributed by atoms with Crippen LogP contribution in [0.1, 0.15) is 16.6 Å². The van der Waals surface area contributed by atoms with Gasteiger partial charge in [-0.05, 0) is 46.3 Å². The minimum absolute atomic E-state index is 0.0128. The molecule has 0 spiro atoms. The topological polar surface area (TPSA) is 54.0 Å². The Morgan fingerprint density at radius 2 is 1.80 bits per heavy atom. The Morgan fingerprint density at radius 1 is 1.04 bits per heavy atom. The summed E-state index contributed by atoms with van der Waals surface area (Å²) < 4.78 is 0. The van der Waals surface area contributed by atoms with Gasteiger partial charge in [-0.25, -0.2) is 0 Å². The van der Waals surface area contributed by atoms with Crippen LogP contribution in [0.5, 0.6) is 0 Å². The number of pyridine rings is 1. The second kappa shape index (κ2) is 8.55. The Hall–Kier alpha value is -2.50. The molecule has 0 saturated heterocycles. The van der Waals surface area contributed by atoms with E-state index in [1.807, 2.05) is 36.7 Å². The number of hydrogen-bond donors (Lipinski definition) is 2. The van der Waals surface area contributed by atoms with Crippen molar-refractivity contribution in [2.45, 2.75) is 6.92 Å². The average Bonchev–Trinajstić information content (AvgIpc) is 3.16. The third-order valence-corrected chi connectivity index (χ3v) is 4.80. The summed E-state index contributed by atoms with van der Waals surface area (Å²) in [6, 6.07) is 14.3. The minimum Gasteiger partial charge on any atom is -0.350 e. The van der Waals surface area contributed by atoms with Crippen LogP contribution >= 0.6 is 11.3 Å². The van der Waals surface area contributed by atoms with Crippen molar-refractivity contribution in [3.05, 3.63) is 65.1 Å². The number of thiophene rings is 1. The van der Waals surface area contributed by atoms with Crippen LogP contribution in [0.2, 0.25) is 0 Å². The summed E-state index contributed by atoms with van der Waals surface area (Å²) in [6.07, 6.45) is 3.63. The number of nitrogens with zero attached hydrogens (tertiary/aromatic N) is 1. The summed E-state index contributed by atoms with van der Waals surface area (Å²) in [4.78, 5) is 17.0. The van der Waals surface area contributed by atoms with E-state index in [1.54, 1.807) is 6.20 Å². The fraction of sp³-hybridized carbons (Fsp3) is 0.200. The molecule has 1 aromatic carbocycles. The zero-order valence-electron chi connectivity index (χ0n) is 14.2. The van der Waals surface area contributed by atoms with E-state index in [0.29, 0.717) is 6.54 Å². The van der Waals surface area contributed by atoms with Crippen LogP contribution in [0, 0.1) is 0 Å². The first-order valence-electron chi connectivity index (χ1n) is 8.36. The van der Waals surface area contributed by atoms with E-state index in [2.05, 4.69) is 39.9 Å².